The summed E-state index contributed by atoms with van der Waals surface area (Å²) in [6.45, 7) is -0.466. The van der Waals surface area contributed by atoms with Crippen molar-refractivity contribution in [1.29, 1.82) is 0 Å². The van der Waals surface area contributed by atoms with Crippen LogP contribution in [0, 0.1) is 0 Å². The van der Waals surface area contributed by atoms with Crippen molar-refractivity contribution < 1.29 is 44.2 Å². The minimum absolute atomic E-state index is 0.00208. The molecule has 4 N–H and O–H groups in total. The Morgan fingerprint density at radius 3 is 2.44 bits per heavy atom. The first-order chi connectivity index (χ1) is 12.9. The molecule has 1 heterocycles. The molecule has 2 aromatic carbocycles. The first kappa shape index (κ1) is 18.5. The number of phenols is 3. The van der Waals surface area contributed by atoms with Gasteiger partial charge < -0.3 is 39.4 Å². The summed E-state index contributed by atoms with van der Waals surface area (Å²) < 4.78 is 21.1. The average molecular weight is 378 g/mol. The molecule has 1 aliphatic rings. The van der Waals surface area contributed by atoms with E-state index in [0.717, 1.165) is 6.07 Å². The topological polar surface area (TPSA) is 135 Å². The number of esters is 1. The van der Waals surface area contributed by atoms with Gasteiger partial charge in [-0.05, 0) is 24.3 Å². The molecule has 27 heavy (non-hydrogen) atoms. The molecular weight excluding hydrogens is 360 g/mol. The maximum absolute atomic E-state index is 11.7. The number of rotatable bonds is 4. The third-order valence-electron chi connectivity index (χ3n) is 4.12. The van der Waals surface area contributed by atoms with Crippen LogP contribution in [0.2, 0.25) is 0 Å². The molecule has 0 amide bonds. The molecule has 0 saturated heterocycles. The Morgan fingerprint density at radius 1 is 1.07 bits per heavy atom. The van der Waals surface area contributed by atoms with Crippen molar-refractivity contribution in [1.82, 2.24) is 0 Å². The number of carbonyl (C=O) groups is 1. The maximum atomic E-state index is 11.7. The highest BCUT2D eigenvalue weighted by atomic mass is 16.6. The molecule has 0 aromatic heterocycles. The van der Waals surface area contributed by atoms with Gasteiger partial charge >= 0.3 is 5.97 Å². The molecule has 3 rings (SSSR count). The fourth-order valence-corrected chi connectivity index (χ4v) is 2.80. The molecule has 2 aromatic rings. The number of aliphatic hydroxyl groups is 1. The summed E-state index contributed by atoms with van der Waals surface area (Å²) in [6, 6.07) is 5.15. The number of ether oxygens (including phenoxy) is 4. The van der Waals surface area contributed by atoms with Crippen molar-refractivity contribution in [2.24, 2.45) is 0 Å². The van der Waals surface area contributed by atoms with Gasteiger partial charge in [0.1, 0.15) is 0 Å². The standard InChI is InChI=1S/C18H18O9/c1-24-12-5-8(3-10(20)15(12)22)16-14(7-19)27-17-11(21)4-9(18(23)25-2)6-13(17)26-16/h3-6,14,16,19-22H,7H2,1-2H3. The SMILES string of the molecule is COC(=O)c1cc(O)c2c(c1)OC(c1cc(O)c(O)c(OC)c1)C(CO)O2. The zero-order valence-electron chi connectivity index (χ0n) is 14.5. The summed E-state index contributed by atoms with van der Waals surface area (Å²) in [5.74, 6) is -1.89. The van der Waals surface area contributed by atoms with Crippen LogP contribution in [-0.4, -0.2) is 53.3 Å². The lowest BCUT2D eigenvalue weighted by atomic mass is 10.0. The fraction of sp³-hybridized carbons (Fsp3) is 0.278. The largest absolute Gasteiger partial charge is 0.504 e. The van der Waals surface area contributed by atoms with Crippen LogP contribution in [-0.2, 0) is 4.74 Å². The highest BCUT2D eigenvalue weighted by molar-refractivity contribution is 5.91. The third-order valence-corrected chi connectivity index (χ3v) is 4.12. The van der Waals surface area contributed by atoms with E-state index in [0.29, 0.717) is 5.56 Å². The maximum Gasteiger partial charge on any atom is 0.338 e. The van der Waals surface area contributed by atoms with E-state index in [1.54, 1.807) is 0 Å². The van der Waals surface area contributed by atoms with Crippen LogP contribution < -0.4 is 14.2 Å². The van der Waals surface area contributed by atoms with Crippen molar-refractivity contribution in [3.05, 3.63) is 35.4 Å². The Bertz CT molecular complexity index is 878. The van der Waals surface area contributed by atoms with Gasteiger partial charge in [-0.2, -0.15) is 0 Å². The molecule has 0 aliphatic carbocycles. The van der Waals surface area contributed by atoms with Crippen LogP contribution in [0.5, 0.6) is 34.5 Å². The summed E-state index contributed by atoms with van der Waals surface area (Å²) in [4.78, 5) is 11.7. The van der Waals surface area contributed by atoms with Crippen molar-refractivity contribution in [2.45, 2.75) is 12.2 Å². The number of phenolic OH excluding ortho intramolecular Hbond substituents is 3. The molecule has 2 unspecified atom stereocenters. The first-order valence-electron chi connectivity index (χ1n) is 7.89. The Morgan fingerprint density at radius 2 is 1.81 bits per heavy atom. The van der Waals surface area contributed by atoms with E-state index in [2.05, 4.69) is 4.74 Å². The van der Waals surface area contributed by atoms with Gasteiger partial charge in [-0.15, -0.1) is 0 Å². The third kappa shape index (κ3) is 3.24. The van der Waals surface area contributed by atoms with Crippen LogP contribution in [0.1, 0.15) is 22.0 Å². The predicted octanol–water partition coefficient (Wildman–Crippen LogP) is 1.47. The summed E-state index contributed by atoms with van der Waals surface area (Å²) in [7, 11) is 2.52. The predicted molar refractivity (Wildman–Crippen MR) is 90.6 cm³/mol. The Kier molecular flexibility index (Phi) is 4.87. The van der Waals surface area contributed by atoms with E-state index in [9.17, 15) is 25.2 Å². The van der Waals surface area contributed by atoms with Gasteiger partial charge in [0.05, 0.1) is 26.4 Å². The lowest BCUT2D eigenvalue weighted by Gasteiger charge is -2.34. The van der Waals surface area contributed by atoms with E-state index in [1.807, 2.05) is 0 Å². The normalized spacial score (nSPS) is 18.0. The van der Waals surface area contributed by atoms with Crippen molar-refractivity contribution in [3.63, 3.8) is 0 Å². The van der Waals surface area contributed by atoms with Gasteiger partial charge in [-0.1, -0.05) is 0 Å². The van der Waals surface area contributed by atoms with Gasteiger partial charge in [-0.25, -0.2) is 4.79 Å². The molecule has 144 valence electrons. The number of methoxy groups -OCH3 is 2. The van der Waals surface area contributed by atoms with E-state index >= 15 is 0 Å². The molecule has 2 atom stereocenters. The second kappa shape index (κ2) is 7.12. The smallest absolute Gasteiger partial charge is 0.338 e. The summed E-state index contributed by atoms with van der Waals surface area (Å²) in [5, 5.41) is 39.5. The number of hydrogen-bond acceptors (Lipinski definition) is 9. The number of benzene rings is 2. The minimum Gasteiger partial charge on any atom is -0.504 e. The lowest BCUT2D eigenvalue weighted by Crippen LogP contribution is -2.36. The number of aliphatic hydroxyl groups excluding tert-OH is 1. The van der Waals surface area contributed by atoms with Crippen LogP contribution in [0.3, 0.4) is 0 Å². The van der Waals surface area contributed by atoms with Crippen molar-refractivity contribution >= 4 is 5.97 Å². The highest BCUT2D eigenvalue weighted by Gasteiger charge is 2.36. The summed E-state index contributed by atoms with van der Waals surface area (Å²) >= 11 is 0. The molecule has 0 saturated carbocycles. The number of carbonyl (C=O) groups excluding carboxylic acids is 1. The molecule has 0 fully saturated rings. The highest BCUT2D eigenvalue weighted by Crippen LogP contribution is 2.47. The molecular formula is C18H18O9. The molecule has 1 aliphatic heterocycles. The second-order valence-electron chi connectivity index (χ2n) is 5.78. The molecule has 9 nitrogen and oxygen atoms in total. The first-order valence-corrected chi connectivity index (χ1v) is 7.89. The van der Waals surface area contributed by atoms with Crippen molar-refractivity contribution in [2.75, 3.05) is 20.8 Å². The summed E-state index contributed by atoms with van der Waals surface area (Å²) in [5.41, 5.74) is 0.388. The van der Waals surface area contributed by atoms with Crippen LogP contribution in [0.25, 0.3) is 0 Å². The number of aromatic hydroxyl groups is 3. The lowest BCUT2D eigenvalue weighted by molar-refractivity contribution is -0.0143. The van der Waals surface area contributed by atoms with E-state index in [-0.39, 0.29) is 28.6 Å². The zero-order valence-corrected chi connectivity index (χ0v) is 14.5. The van der Waals surface area contributed by atoms with Crippen LogP contribution >= 0.6 is 0 Å². The molecule has 0 spiro atoms. The quantitative estimate of drug-likeness (QED) is 0.461. The monoisotopic (exact) mass is 378 g/mol. The molecule has 0 radical (unpaired) electrons. The van der Waals surface area contributed by atoms with Gasteiger partial charge in [0, 0.05) is 5.56 Å². The number of fused-ring (bicyclic) bond motifs is 1. The van der Waals surface area contributed by atoms with E-state index in [4.69, 9.17) is 14.2 Å². The fourth-order valence-electron chi connectivity index (χ4n) is 2.80. The van der Waals surface area contributed by atoms with Crippen LogP contribution in [0.4, 0.5) is 0 Å². The molecule has 9 heteroatoms. The van der Waals surface area contributed by atoms with Gasteiger partial charge in [0.2, 0.25) is 11.5 Å². The minimum atomic E-state index is -0.930. The number of hydrogen-bond donors (Lipinski definition) is 4. The zero-order chi connectivity index (χ0) is 19.7. The van der Waals surface area contributed by atoms with E-state index in [1.165, 1.54) is 32.4 Å². The van der Waals surface area contributed by atoms with Gasteiger partial charge in [0.15, 0.2) is 35.2 Å². The van der Waals surface area contributed by atoms with Gasteiger partial charge in [0.25, 0.3) is 0 Å². The van der Waals surface area contributed by atoms with E-state index < -0.39 is 36.3 Å². The van der Waals surface area contributed by atoms with Gasteiger partial charge in [-0.3, -0.25) is 0 Å². The summed E-state index contributed by atoms with van der Waals surface area (Å²) in [6.07, 6.45) is -1.85. The molecule has 0 bridgehead atoms. The average Bonchev–Trinajstić information content (AvgIpc) is 2.68. The van der Waals surface area contributed by atoms with Crippen LogP contribution in [0.15, 0.2) is 24.3 Å². The Labute approximate surface area is 153 Å². The second-order valence-corrected chi connectivity index (χ2v) is 5.78. The Hall–Kier alpha value is -3.33. The van der Waals surface area contributed by atoms with Crippen molar-refractivity contribution in [3.8, 4) is 34.5 Å². The Balaban J connectivity index is 2.06.